The van der Waals surface area contributed by atoms with Gasteiger partial charge in [0.2, 0.25) is 0 Å². The monoisotopic (exact) mass is 298 g/mol. The molecule has 1 aromatic rings. The van der Waals surface area contributed by atoms with Gasteiger partial charge >= 0.3 is 5.97 Å². The minimum absolute atomic E-state index is 0.0752. The lowest BCUT2D eigenvalue weighted by Gasteiger charge is -2.24. The number of esters is 1. The Hall–Kier alpha value is -1.63. The van der Waals surface area contributed by atoms with Gasteiger partial charge in [0.25, 0.3) is 0 Å². The molecule has 1 N–H and O–H groups in total. The van der Waals surface area contributed by atoms with E-state index in [1.165, 1.54) is 0 Å². The average Bonchev–Trinajstić information content (AvgIpc) is 2.38. The lowest BCUT2D eigenvalue weighted by molar-refractivity contribution is 0.0527. The minimum atomic E-state index is -3.00. The van der Waals surface area contributed by atoms with Crippen molar-refractivity contribution in [2.24, 2.45) is 0 Å². The fourth-order valence-corrected chi connectivity index (χ4v) is 3.86. The van der Waals surface area contributed by atoms with Crippen LogP contribution in [0.4, 0.5) is 5.82 Å². The molecule has 0 bridgehead atoms. The summed E-state index contributed by atoms with van der Waals surface area (Å²) in [6.45, 7) is 2.01. The maximum Gasteiger partial charge on any atom is 0.341 e. The molecule has 1 unspecified atom stereocenters. The number of anilines is 1. The first-order valence-electron chi connectivity index (χ1n) is 6.61. The maximum atomic E-state index is 11.8. The minimum Gasteiger partial charge on any atom is -0.462 e. The fraction of sp³-hybridized carbons (Fsp3) is 0.538. The van der Waals surface area contributed by atoms with Crippen LogP contribution in [0, 0.1) is 0 Å². The summed E-state index contributed by atoms with van der Waals surface area (Å²) in [6.07, 6.45) is 2.93. The number of rotatable bonds is 4. The first-order valence-corrected chi connectivity index (χ1v) is 8.43. The van der Waals surface area contributed by atoms with Crippen molar-refractivity contribution < 1.29 is 17.9 Å². The Balaban J connectivity index is 2.15. The van der Waals surface area contributed by atoms with Crippen molar-refractivity contribution in [2.45, 2.75) is 25.8 Å². The number of pyridine rings is 1. The first kappa shape index (κ1) is 14.8. The van der Waals surface area contributed by atoms with Crippen LogP contribution in [0.3, 0.4) is 0 Å². The number of nitrogens with zero attached hydrogens (tertiary/aromatic N) is 1. The van der Waals surface area contributed by atoms with Gasteiger partial charge in [-0.15, -0.1) is 0 Å². The number of aromatic nitrogens is 1. The van der Waals surface area contributed by atoms with E-state index in [0.29, 0.717) is 17.8 Å². The van der Waals surface area contributed by atoms with Crippen LogP contribution in [0.25, 0.3) is 0 Å². The van der Waals surface area contributed by atoms with E-state index in [0.717, 1.165) is 6.42 Å². The van der Waals surface area contributed by atoms with Crippen molar-refractivity contribution in [3.8, 4) is 0 Å². The summed E-state index contributed by atoms with van der Waals surface area (Å²) in [7, 11) is -3.00. The van der Waals surface area contributed by atoms with E-state index in [1.807, 2.05) is 0 Å². The highest BCUT2D eigenvalue weighted by atomic mass is 32.2. The topological polar surface area (TPSA) is 85.4 Å². The maximum absolute atomic E-state index is 11.8. The van der Waals surface area contributed by atoms with Crippen molar-refractivity contribution in [2.75, 3.05) is 23.4 Å². The van der Waals surface area contributed by atoms with Gasteiger partial charge in [-0.1, -0.05) is 0 Å². The summed E-state index contributed by atoms with van der Waals surface area (Å²) in [6, 6.07) is 3.05. The molecule has 2 rings (SSSR count). The molecule has 7 heteroatoms. The van der Waals surface area contributed by atoms with E-state index in [4.69, 9.17) is 4.74 Å². The Morgan fingerprint density at radius 1 is 1.55 bits per heavy atom. The van der Waals surface area contributed by atoms with E-state index in [-0.39, 0.29) is 24.2 Å². The lowest BCUT2D eigenvalue weighted by Crippen LogP contribution is -2.35. The molecule has 1 fully saturated rings. The van der Waals surface area contributed by atoms with E-state index in [9.17, 15) is 13.2 Å². The van der Waals surface area contributed by atoms with Crippen LogP contribution in [0.2, 0.25) is 0 Å². The summed E-state index contributed by atoms with van der Waals surface area (Å²) < 4.78 is 28.2. The number of ether oxygens (including phenoxy) is 1. The molecule has 0 amide bonds. The summed E-state index contributed by atoms with van der Waals surface area (Å²) in [5.74, 6) is 0.235. The van der Waals surface area contributed by atoms with Gasteiger partial charge in [0.15, 0.2) is 9.84 Å². The summed E-state index contributed by atoms with van der Waals surface area (Å²) >= 11 is 0. The highest BCUT2D eigenvalue weighted by molar-refractivity contribution is 7.91. The second kappa shape index (κ2) is 6.21. The van der Waals surface area contributed by atoms with Gasteiger partial charge in [-0.3, -0.25) is 0 Å². The van der Waals surface area contributed by atoms with E-state index < -0.39 is 15.8 Å². The third kappa shape index (κ3) is 3.69. The highest BCUT2D eigenvalue weighted by Gasteiger charge is 2.26. The Morgan fingerprint density at radius 2 is 2.35 bits per heavy atom. The molecule has 2 heterocycles. The van der Waals surface area contributed by atoms with Gasteiger partial charge in [-0.2, -0.15) is 0 Å². The zero-order chi connectivity index (χ0) is 14.6. The fourth-order valence-electron chi connectivity index (χ4n) is 2.22. The Morgan fingerprint density at radius 3 is 3.05 bits per heavy atom. The van der Waals surface area contributed by atoms with Gasteiger partial charge in [-0.25, -0.2) is 18.2 Å². The quantitative estimate of drug-likeness (QED) is 0.842. The molecule has 0 saturated carbocycles. The first-order chi connectivity index (χ1) is 9.52. The molecular weight excluding hydrogens is 280 g/mol. The molecule has 0 radical (unpaired) electrons. The zero-order valence-corrected chi connectivity index (χ0v) is 12.1. The number of carbonyl (C=O) groups excluding carboxylic acids is 1. The standard InChI is InChI=1S/C13H18N2O4S/c1-2-19-13(16)11-6-3-7-14-12(11)15-10-5-4-8-20(17,18)9-10/h3,6-7,10H,2,4-5,8-9H2,1H3,(H,14,15). The Labute approximate surface area is 118 Å². The van der Waals surface area contributed by atoms with Gasteiger partial charge in [0.1, 0.15) is 11.4 Å². The molecular formula is C13H18N2O4S. The molecule has 1 atom stereocenters. The molecule has 0 aromatic carbocycles. The predicted octanol–water partition coefficient (Wildman–Crippen LogP) is 1.25. The molecule has 1 aromatic heterocycles. The molecule has 20 heavy (non-hydrogen) atoms. The van der Waals surface area contributed by atoms with Crippen molar-refractivity contribution in [1.29, 1.82) is 0 Å². The second-order valence-corrected chi connectivity index (χ2v) is 6.95. The summed E-state index contributed by atoms with van der Waals surface area (Å²) in [4.78, 5) is 15.9. The smallest absolute Gasteiger partial charge is 0.341 e. The number of nitrogens with one attached hydrogen (secondary N) is 1. The normalized spacial score (nSPS) is 21.1. The predicted molar refractivity (Wildman–Crippen MR) is 75.5 cm³/mol. The van der Waals surface area contributed by atoms with E-state index >= 15 is 0 Å². The molecule has 0 aliphatic carbocycles. The molecule has 1 aliphatic heterocycles. The van der Waals surface area contributed by atoms with Crippen LogP contribution in [0.15, 0.2) is 18.3 Å². The van der Waals surface area contributed by atoms with Gasteiger partial charge in [-0.05, 0) is 31.9 Å². The summed E-state index contributed by atoms with van der Waals surface area (Å²) in [5, 5.41) is 3.05. The van der Waals surface area contributed by atoms with Crippen molar-refractivity contribution in [3.05, 3.63) is 23.9 Å². The van der Waals surface area contributed by atoms with Crippen LogP contribution in [0.1, 0.15) is 30.1 Å². The molecule has 110 valence electrons. The number of hydrogen-bond donors (Lipinski definition) is 1. The molecule has 1 aliphatic rings. The SMILES string of the molecule is CCOC(=O)c1cccnc1NC1CCCS(=O)(=O)C1. The Kier molecular flexibility index (Phi) is 4.59. The molecule has 6 nitrogen and oxygen atoms in total. The van der Waals surface area contributed by atoms with Crippen LogP contribution in [-0.4, -0.2) is 43.5 Å². The number of hydrogen-bond acceptors (Lipinski definition) is 6. The van der Waals surface area contributed by atoms with Crippen molar-refractivity contribution in [3.63, 3.8) is 0 Å². The van der Waals surface area contributed by atoms with Crippen LogP contribution in [0.5, 0.6) is 0 Å². The third-order valence-corrected chi connectivity index (χ3v) is 4.93. The van der Waals surface area contributed by atoms with Crippen LogP contribution < -0.4 is 5.32 Å². The average molecular weight is 298 g/mol. The van der Waals surface area contributed by atoms with Gasteiger partial charge in [0.05, 0.1) is 18.1 Å². The number of carbonyl (C=O) groups is 1. The van der Waals surface area contributed by atoms with Crippen molar-refractivity contribution >= 4 is 21.6 Å². The molecule has 0 spiro atoms. The largest absolute Gasteiger partial charge is 0.462 e. The Bertz CT molecular complexity index is 586. The zero-order valence-electron chi connectivity index (χ0n) is 11.3. The van der Waals surface area contributed by atoms with Crippen LogP contribution >= 0.6 is 0 Å². The second-order valence-electron chi connectivity index (χ2n) is 4.72. The lowest BCUT2D eigenvalue weighted by atomic mass is 10.1. The van der Waals surface area contributed by atoms with Crippen molar-refractivity contribution in [1.82, 2.24) is 4.98 Å². The van der Waals surface area contributed by atoms with Crippen LogP contribution in [-0.2, 0) is 14.6 Å². The van der Waals surface area contributed by atoms with Gasteiger partial charge in [0, 0.05) is 12.2 Å². The highest BCUT2D eigenvalue weighted by Crippen LogP contribution is 2.19. The van der Waals surface area contributed by atoms with E-state index in [1.54, 1.807) is 25.3 Å². The third-order valence-electron chi connectivity index (χ3n) is 3.11. The number of sulfone groups is 1. The van der Waals surface area contributed by atoms with Gasteiger partial charge < -0.3 is 10.1 Å². The molecule has 1 saturated heterocycles. The summed E-state index contributed by atoms with van der Waals surface area (Å²) in [5.41, 5.74) is 0.331. The van der Waals surface area contributed by atoms with E-state index in [2.05, 4.69) is 10.3 Å².